The van der Waals surface area contributed by atoms with E-state index in [-0.39, 0.29) is 11.1 Å². The standard InChI is InChI=1S/C10H13ClFN3O/c11-10-14-5-8(12)9(15-10)13-4-7-2-1-3-16-6-7/h5,7H,1-4,6H2,(H,13,14,15). The van der Waals surface area contributed by atoms with Crippen molar-refractivity contribution in [2.24, 2.45) is 5.92 Å². The van der Waals surface area contributed by atoms with E-state index in [0.29, 0.717) is 19.1 Å². The minimum atomic E-state index is -0.485. The van der Waals surface area contributed by atoms with Crippen LogP contribution in [0.15, 0.2) is 6.20 Å². The van der Waals surface area contributed by atoms with Crippen molar-refractivity contribution in [1.82, 2.24) is 9.97 Å². The molecule has 0 bridgehead atoms. The molecule has 1 aliphatic rings. The number of nitrogens with one attached hydrogen (secondary N) is 1. The summed E-state index contributed by atoms with van der Waals surface area (Å²) < 4.78 is 18.6. The van der Waals surface area contributed by atoms with Gasteiger partial charge in [0.25, 0.3) is 0 Å². The number of rotatable bonds is 3. The Balaban J connectivity index is 1.90. The quantitative estimate of drug-likeness (QED) is 0.829. The maximum absolute atomic E-state index is 13.2. The zero-order valence-electron chi connectivity index (χ0n) is 8.75. The Bertz CT molecular complexity index is 358. The third-order valence-corrected chi connectivity index (χ3v) is 2.71. The molecule has 0 spiro atoms. The molecular weight excluding hydrogens is 233 g/mol. The molecular formula is C10H13ClFN3O. The van der Waals surface area contributed by atoms with Gasteiger partial charge in [0.05, 0.1) is 12.8 Å². The molecule has 88 valence electrons. The molecule has 0 aliphatic carbocycles. The van der Waals surface area contributed by atoms with Gasteiger partial charge >= 0.3 is 0 Å². The van der Waals surface area contributed by atoms with Crippen molar-refractivity contribution in [3.05, 3.63) is 17.3 Å². The third-order valence-electron chi connectivity index (χ3n) is 2.53. The molecule has 2 heterocycles. The van der Waals surface area contributed by atoms with E-state index < -0.39 is 5.82 Å². The molecule has 1 aromatic rings. The lowest BCUT2D eigenvalue weighted by Crippen LogP contribution is -2.25. The van der Waals surface area contributed by atoms with Gasteiger partial charge in [-0.1, -0.05) is 0 Å². The molecule has 1 N–H and O–H groups in total. The van der Waals surface area contributed by atoms with Crippen molar-refractivity contribution in [2.75, 3.05) is 25.1 Å². The van der Waals surface area contributed by atoms with E-state index in [0.717, 1.165) is 25.6 Å². The van der Waals surface area contributed by atoms with E-state index in [1.165, 1.54) is 0 Å². The molecule has 1 saturated heterocycles. The highest BCUT2D eigenvalue weighted by atomic mass is 35.5. The topological polar surface area (TPSA) is 47.0 Å². The largest absolute Gasteiger partial charge is 0.381 e. The van der Waals surface area contributed by atoms with Gasteiger partial charge < -0.3 is 10.1 Å². The molecule has 0 saturated carbocycles. The minimum Gasteiger partial charge on any atom is -0.381 e. The Labute approximate surface area is 98.2 Å². The van der Waals surface area contributed by atoms with E-state index in [1.54, 1.807) is 0 Å². The van der Waals surface area contributed by atoms with Crippen LogP contribution in [0.5, 0.6) is 0 Å². The summed E-state index contributed by atoms with van der Waals surface area (Å²) in [6.07, 6.45) is 3.21. The summed E-state index contributed by atoms with van der Waals surface area (Å²) in [6, 6.07) is 0. The van der Waals surface area contributed by atoms with E-state index in [9.17, 15) is 4.39 Å². The Morgan fingerprint density at radius 3 is 3.25 bits per heavy atom. The van der Waals surface area contributed by atoms with Gasteiger partial charge in [-0.15, -0.1) is 0 Å². The van der Waals surface area contributed by atoms with E-state index in [1.807, 2.05) is 0 Å². The minimum absolute atomic E-state index is 0.0452. The van der Waals surface area contributed by atoms with Crippen molar-refractivity contribution < 1.29 is 9.13 Å². The Hall–Kier alpha value is -0.940. The second-order valence-electron chi connectivity index (χ2n) is 3.80. The molecule has 1 aliphatic heterocycles. The molecule has 1 aromatic heterocycles. The Morgan fingerprint density at radius 2 is 2.50 bits per heavy atom. The van der Waals surface area contributed by atoms with Gasteiger partial charge in [0.15, 0.2) is 11.6 Å². The van der Waals surface area contributed by atoms with Crippen molar-refractivity contribution in [2.45, 2.75) is 12.8 Å². The fourth-order valence-corrected chi connectivity index (χ4v) is 1.81. The van der Waals surface area contributed by atoms with Crippen LogP contribution in [0.1, 0.15) is 12.8 Å². The van der Waals surface area contributed by atoms with E-state index in [4.69, 9.17) is 16.3 Å². The molecule has 1 unspecified atom stereocenters. The summed E-state index contributed by atoms with van der Waals surface area (Å²) in [7, 11) is 0. The van der Waals surface area contributed by atoms with Gasteiger partial charge in [-0.3, -0.25) is 0 Å². The van der Waals surface area contributed by atoms with Gasteiger partial charge in [0.2, 0.25) is 5.28 Å². The van der Waals surface area contributed by atoms with Crippen LogP contribution < -0.4 is 5.32 Å². The number of hydrogen-bond acceptors (Lipinski definition) is 4. The molecule has 2 rings (SSSR count). The van der Waals surface area contributed by atoms with Crippen LogP contribution in [-0.2, 0) is 4.74 Å². The summed E-state index contributed by atoms with van der Waals surface area (Å²) in [5.41, 5.74) is 0. The first kappa shape index (κ1) is 11.5. The van der Waals surface area contributed by atoms with E-state index >= 15 is 0 Å². The number of aromatic nitrogens is 2. The monoisotopic (exact) mass is 245 g/mol. The average Bonchev–Trinajstić information content (AvgIpc) is 2.32. The predicted octanol–water partition coefficient (Wildman–Crippen LogP) is 2.11. The first-order valence-electron chi connectivity index (χ1n) is 5.25. The Morgan fingerprint density at radius 1 is 1.62 bits per heavy atom. The highest BCUT2D eigenvalue weighted by molar-refractivity contribution is 6.28. The van der Waals surface area contributed by atoms with Crippen LogP contribution in [0.4, 0.5) is 10.2 Å². The smallest absolute Gasteiger partial charge is 0.224 e. The number of hydrogen-bond donors (Lipinski definition) is 1. The van der Waals surface area contributed by atoms with Crippen molar-refractivity contribution in [3.8, 4) is 0 Å². The van der Waals surface area contributed by atoms with Crippen LogP contribution in [0.2, 0.25) is 5.28 Å². The number of nitrogens with zero attached hydrogens (tertiary/aromatic N) is 2. The zero-order chi connectivity index (χ0) is 11.4. The molecule has 6 heteroatoms. The normalized spacial score (nSPS) is 20.8. The van der Waals surface area contributed by atoms with Gasteiger partial charge in [0.1, 0.15) is 0 Å². The van der Waals surface area contributed by atoms with Crippen LogP contribution in [0.3, 0.4) is 0 Å². The van der Waals surface area contributed by atoms with E-state index in [2.05, 4.69) is 15.3 Å². The number of anilines is 1. The average molecular weight is 246 g/mol. The van der Waals surface area contributed by atoms with Gasteiger partial charge in [0, 0.05) is 13.2 Å². The second-order valence-corrected chi connectivity index (χ2v) is 4.14. The highest BCUT2D eigenvalue weighted by Gasteiger charge is 2.14. The summed E-state index contributed by atoms with van der Waals surface area (Å²) in [5.74, 6) is 0.0774. The molecule has 0 amide bonds. The van der Waals surface area contributed by atoms with Gasteiger partial charge in [-0.25, -0.2) is 9.37 Å². The second kappa shape index (κ2) is 5.41. The van der Waals surface area contributed by atoms with Crippen molar-refractivity contribution >= 4 is 17.4 Å². The van der Waals surface area contributed by atoms with Crippen molar-refractivity contribution in [1.29, 1.82) is 0 Å². The maximum Gasteiger partial charge on any atom is 0.224 e. The lowest BCUT2D eigenvalue weighted by molar-refractivity contribution is 0.0594. The number of halogens is 2. The highest BCUT2D eigenvalue weighted by Crippen LogP contribution is 2.16. The SMILES string of the molecule is Fc1cnc(Cl)nc1NCC1CCCOC1. The molecule has 0 radical (unpaired) electrons. The predicted molar refractivity (Wildman–Crippen MR) is 59.0 cm³/mol. The lowest BCUT2D eigenvalue weighted by atomic mass is 10.0. The third kappa shape index (κ3) is 3.02. The summed E-state index contributed by atoms with van der Waals surface area (Å²) >= 11 is 5.58. The van der Waals surface area contributed by atoms with Crippen LogP contribution in [-0.4, -0.2) is 29.7 Å². The maximum atomic E-state index is 13.2. The number of ether oxygens (including phenoxy) is 1. The first-order valence-corrected chi connectivity index (χ1v) is 5.63. The molecule has 4 nitrogen and oxygen atoms in total. The van der Waals surface area contributed by atoms with Crippen molar-refractivity contribution in [3.63, 3.8) is 0 Å². The van der Waals surface area contributed by atoms with Gasteiger partial charge in [-0.2, -0.15) is 4.98 Å². The summed E-state index contributed by atoms with van der Waals surface area (Å²) in [4.78, 5) is 7.33. The van der Waals surface area contributed by atoms with Crippen LogP contribution >= 0.6 is 11.6 Å². The fraction of sp³-hybridized carbons (Fsp3) is 0.600. The molecule has 1 fully saturated rings. The molecule has 16 heavy (non-hydrogen) atoms. The fourth-order valence-electron chi connectivity index (χ4n) is 1.68. The lowest BCUT2D eigenvalue weighted by Gasteiger charge is -2.22. The van der Waals surface area contributed by atoms with Gasteiger partial charge in [-0.05, 0) is 30.4 Å². The van der Waals surface area contributed by atoms with Crippen LogP contribution in [0, 0.1) is 11.7 Å². The van der Waals surface area contributed by atoms with Crippen LogP contribution in [0.25, 0.3) is 0 Å². The first-order chi connectivity index (χ1) is 7.75. The molecule has 0 aromatic carbocycles. The Kier molecular flexibility index (Phi) is 3.90. The summed E-state index contributed by atoms with van der Waals surface area (Å²) in [6.45, 7) is 2.18. The molecule has 1 atom stereocenters. The summed E-state index contributed by atoms with van der Waals surface area (Å²) in [5, 5.41) is 2.98. The zero-order valence-corrected chi connectivity index (χ0v) is 9.50.